The Morgan fingerprint density at radius 2 is 1.83 bits per heavy atom. The van der Waals surface area contributed by atoms with Crippen LogP contribution in [0.4, 0.5) is 0 Å². The molecular formula is C4H10N4O4. The Hall–Kier alpha value is -1.22. The molecule has 8 nitrogen and oxygen atoms in total. The molecule has 8 heteroatoms. The molecule has 0 aliphatic carbocycles. The molecule has 0 aromatic rings. The van der Waals surface area contributed by atoms with Gasteiger partial charge in [-0.1, -0.05) is 0 Å². The Morgan fingerprint density at radius 1 is 1.33 bits per heavy atom. The van der Waals surface area contributed by atoms with E-state index in [0.717, 1.165) is 0 Å². The summed E-state index contributed by atoms with van der Waals surface area (Å²) in [5.41, 5.74) is 11.0. The van der Waals surface area contributed by atoms with Gasteiger partial charge in [-0.3, -0.25) is 14.4 Å². The highest BCUT2D eigenvalue weighted by Gasteiger charge is 2.30. The van der Waals surface area contributed by atoms with Crippen LogP contribution >= 0.6 is 0 Å². The second-order valence-corrected chi connectivity index (χ2v) is 1.91. The lowest BCUT2D eigenvalue weighted by Gasteiger charge is -2.15. The van der Waals surface area contributed by atoms with E-state index in [-0.39, 0.29) is 0 Å². The number of nitrogens with one attached hydrogen (secondary N) is 1. The number of amides is 2. The Labute approximate surface area is 67.6 Å². The van der Waals surface area contributed by atoms with Crippen molar-refractivity contribution >= 4 is 11.8 Å². The number of carbonyl (C=O) groups excluding carboxylic acids is 2. The molecule has 8 N–H and O–H groups in total. The minimum absolute atomic E-state index is 1.06. The maximum absolute atomic E-state index is 10.5. The van der Waals surface area contributed by atoms with Crippen molar-refractivity contribution in [2.45, 2.75) is 12.2 Å². The van der Waals surface area contributed by atoms with Crippen molar-refractivity contribution in [2.24, 2.45) is 17.3 Å². The van der Waals surface area contributed by atoms with E-state index in [1.165, 1.54) is 0 Å². The van der Waals surface area contributed by atoms with Crippen LogP contribution in [0.1, 0.15) is 0 Å². The van der Waals surface area contributed by atoms with E-state index in [1.54, 1.807) is 5.59 Å². The molecule has 0 bridgehead atoms. The molecule has 0 aromatic heterocycles. The summed E-state index contributed by atoms with van der Waals surface area (Å²) >= 11 is 0. The lowest BCUT2D eigenvalue weighted by Crippen LogP contribution is -2.50. The van der Waals surface area contributed by atoms with Crippen LogP contribution in [0.2, 0.25) is 0 Å². The average Bonchev–Trinajstić information content (AvgIpc) is 1.98. The second kappa shape index (κ2) is 4.62. The van der Waals surface area contributed by atoms with Gasteiger partial charge < -0.3 is 16.6 Å². The number of hydrazine groups is 1. The predicted molar refractivity (Wildman–Crippen MR) is 36.6 cm³/mol. The minimum Gasteiger partial charge on any atom is -0.380 e. The number of carbonyl (C=O) groups is 2. The van der Waals surface area contributed by atoms with Gasteiger partial charge >= 0.3 is 0 Å². The van der Waals surface area contributed by atoms with Gasteiger partial charge in [-0.25, -0.2) is 5.84 Å². The summed E-state index contributed by atoms with van der Waals surface area (Å²) in [6, 6.07) is 0. The molecule has 0 fully saturated rings. The van der Waals surface area contributed by atoms with Gasteiger partial charge in [0, 0.05) is 0 Å². The first-order valence-corrected chi connectivity index (χ1v) is 2.88. The van der Waals surface area contributed by atoms with Crippen LogP contribution < -0.4 is 22.9 Å². The van der Waals surface area contributed by atoms with Gasteiger partial charge in [-0.05, 0) is 0 Å². The number of aliphatic hydroxyl groups excluding tert-OH is 1. The molecule has 0 aromatic carbocycles. The Morgan fingerprint density at radius 3 is 2.08 bits per heavy atom. The van der Waals surface area contributed by atoms with E-state index in [1.807, 2.05) is 0 Å². The number of nitrogens with two attached hydrogens (primary N) is 3. The molecule has 0 aliphatic heterocycles. The summed E-state index contributed by atoms with van der Waals surface area (Å²) in [5, 5.41) is 8.89. The van der Waals surface area contributed by atoms with Gasteiger partial charge in [0.25, 0.3) is 5.91 Å². The SMILES string of the molecule is NNOC(C(N)=O)C(O)C(N)=O. The summed E-state index contributed by atoms with van der Waals surface area (Å²) in [5.74, 6) is 2.48. The molecule has 2 atom stereocenters. The van der Waals surface area contributed by atoms with E-state index in [2.05, 4.69) is 16.4 Å². The number of aliphatic hydroxyl groups is 1. The van der Waals surface area contributed by atoms with Gasteiger partial charge in [0.05, 0.1) is 0 Å². The van der Waals surface area contributed by atoms with Crippen molar-refractivity contribution < 1.29 is 19.5 Å². The van der Waals surface area contributed by atoms with Crippen molar-refractivity contribution in [3.8, 4) is 0 Å². The third-order valence-electron chi connectivity index (χ3n) is 1.05. The first-order chi connectivity index (χ1) is 5.50. The zero-order chi connectivity index (χ0) is 9.72. The van der Waals surface area contributed by atoms with Gasteiger partial charge in [0.15, 0.2) is 12.2 Å². The zero-order valence-corrected chi connectivity index (χ0v) is 6.06. The minimum atomic E-state index is -1.82. The fourth-order valence-electron chi connectivity index (χ4n) is 0.501. The van der Waals surface area contributed by atoms with Crippen LogP contribution in [0.5, 0.6) is 0 Å². The van der Waals surface area contributed by atoms with E-state index >= 15 is 0 Å². The molecule has 0 heterocycles. The van der Waals surface area contributed by atoms with Crippen molar-refractivity contribution in [3.05, 3.63) is 0 Å². The molecule has 0 saturated heterocycles. The highest BCUT2D eigenvalue weighted by Crippen LogP contribution is 1.95. The molecule has 70 valence electrons. The molecular weight excluding hydrogens is 168 g/mol. The quantitative estimate of drug-likeness (QED) is 0.214. The fraction of sp³-hybridized carbons (Fsp3) is 0.500. The fourth-order valence-corrected chi connectivity index (χ4v) is 0.501. The Balaban J connectivity index is 4.28. The first-order valence-electron chi connectivity index (χ1n) is 2.88. The van der Waals surface area contributed by atoms with Crippen LogP contribution in [0.15, 0.2) is 0 Å². The van der Waals surface area contributed by atoms with Crippen molar-refractivity contribution in [2.75, 3.05) is 0 Å². The monoisotopic (exact) mass is 178 g/mol. The van der Waals surface area contributed by atoms with Gasteiger partial charge in [0.2, 0.25) is 5.91 Å². The molecule has 2 unspecified atom stereocenters. The van der Waals surface area contributed by atoms with Gasteiger partial charge in [-0.15, -0.1) is 5.59 Å². The molecule has 12 heavy (non-hydrogen) atoms. The van der Waals surface area contributed by atoms with Crippen molar-refractivity contribution in [1.82, 2.24) is 5.59 Å². The molecule has 0 radical (unpaired) electrons. The third-order valence-corrected chi connectivity index (χ3v) is 1.05. The summed E-state index contributed by atoms with van der Waals surface area (Å²) in [6.07, 6.45) is -3.41. The highest BCUT2D eigenvalue weighted by atomic mass is 16.7. The lowest BCUT2D eigenvalue weighted by atomic mass is 10.2. The van der Waals surface area contributed by atoms with Gasteiger partial charge in [-0.2, -0.15) is 0 Å². The molecule has 0 rings (SSSR count). The summed E-state index contributed by atoms with van der Waals surface area (Å²) in [6.45, 7) is 0. The van der Waals surface area contributed by atoms with Crippen LogP contribution in [-0.4, -0.2) is 29.1 Å². The van der Waals surface area contributed by atoms with E-state index in [0.29, 0.717) is 0 Å². The first kappa shape index (κ1) is 10.8. The number of hydrogen-bond acceptors (Lipinski definition) is 6. The second-order valence-electron chi connectivity index (χ2n) is 1.91. The van der Waals surface area contributed by atoms with Crippen LogP contribution in [-0.2, 0) is 14.4 Å². The summed E-state index contributed by atoms with van der Waals surface area (Å²) < 4.78 is 0. The zero-order valence-electron chi connectivity index (χ0n) is 6.06. The molecule has 0 saturated carbocycles. The number of rotatable bonds is 5. The lowest BCUT2D eigenvalue weighted by molar-refractivity contribution is -0.155. The molecule has 0 spiro atoms. The predicted octanol–water partition coefficient (Wildman–Crippen LogP) is -3.92. The van der Waals surface area contributed by atoms with Crippen LogP contribution in [0.25, 0.3) is 0 Å². The van der Waals surface area contributed by atoms with E-state index in [4.69, 9.17) is 10.8 Å². The number of primary amides is 2. The number of hydrogen-bond donors (Lipinski definition) is 5. The maximum atomic E-state index is 10.5. The van der Waals surface area contributed by atoms with E-state index in [9.17, 15) is 9.59 Å². The topological polar surface area (TPSA) is 154 Å². The van der Waals surface area contributed by atoms with Crippen LogP contribution in [0.3, 0.4) is 0 Å². The smallest absolute Gasteiger partial charge is 0.252 e. The van der Waals surface area contributed by atoms with Crippen molar-refractivity contribution in [3.63, 3.8) is 0 Å². The normalized spacial score (nSPS) is 15.2. The largest absolute Gasteiger partial charge is 0.380 e. The Kier molecular flexibility index (Phi) is 4.15. The van der Waals surface area contributed by atoms with Gasteiger partial charge in [0.1, 0.15) is 0 Å². The average molecular weight is 178 g/mol. The van der Waals surface area contributed by atoms with Crippen LogP contribution in [0, 0.1) is 0 Å². The molecule has 0 aliphatic rings. The summed E-state index contributed by atoms with van der Waals surface area (Å²) in [7, 11) is 0. The third kappa shape index (κ3) is 2.80. The van der Waals surface area contributed by atoms with Crippen molar-refractivity contribution in [1.29, 1.82) is 0 Å². The maximum Gasteiger partial charge on any atom is 0.252 e. The molecule has 2 amide bonds. The Bertz CT molecular complexity index is 184. The standard InChI is InChI=1S/C4H10N4O4/c5-3(10)1(9)2(4(6)11)12-8-7/h1-2,8-9H,7H2,(H2,5,10)(H2,6,11). The summed E-state index contributed by atoms with van der Waals surface area (Å²) in [4.78, 5) is 25.0. The highest BCUT2D eigenvalue weighted by molar-refractivity contribution is 5.89. The van der Waals surface area contributed by atoms with E-state index < -0.39 is 24.0 Å².